The monoisotopic (exact) mass is 350 g/mol. The molecule has 6 heteroatoms. The van der Waals surface area contributed by atoms with Crippen molar-refractivity contribution >= 4 is 40.3 Å². The molecule has 1 aromatic rings. The minimum absolute atomic E-state index is 0.450. The number of hydrogen-bond acceptors (Lipinski definition) is 2. The van der Waals surface area contributed by atoms with Crippen molar-refractivity contribution in [3.05, 3.63) is 29.3 Å². The first kappa shape index (κ1) is 17.9. The Kier molecular flexibility index (Phi) is 6.59. The lowest BCUT2D eigenvalue weighted by Gasteiger charge is -2.30. The second-order valence-electron chi connectivity index (χ2n) is 6.29. The maximum atomic E-state index is 5.35. The molecule has 2 atom stereocenters. The number of thiocarbonyl (C=S) groups is 2. The molecule has 1 aliphatic carbocycles. The SMILES string of the molecule is Cc1cccc(NC(=S)NNC(=S)N[C@@H]2CCCC[C@@H]2C)c1C. The third-order valence-corrected chi connectivity index (χ3v) is 4.99. The van der Waals surface area contributed by atoms with Gasteiger partial charge in [0.2, 0.25) is 0 Å². The lowest BCUT2D eigenvalue weighted by molar-refractivity contribution is 0.308. The van der Waals surface area contributed by atoms with Crippen LogP contribution < -0.4 is 21.5 Å². The fourth-order valence-corrected chi connectivity index (χ4v) is 3.25. The molecule has 0 amide bonds. The maximum Gasteiger partial charge on any atom is 0.189 e. The van der Waals surface area contributed by atoms with Crippen LogP contribution in [0.4, 0.5) is 5.69 Å². The Morgan fingerprint density at radius 3 is 2.48 bits per heavy atom. The van der Waals surface area contributed by atoms with Gasteiger partial charge in [-0.1, -0.05) is 31.9 Å². The summed E-state index contributed by atoms with van der Waals surface area (Å²) >= 11 is 10.7. The molecule has 0 aliphatic heterocycles. The molecule has 1 saturated carbocycles. The number of hydrazine groups is 1. The molecule has 1 fully saturated rings. The Morgan fingerprint density at radius 2 is 1.74 bits per heavy atom. The van der Waals surface area contributed by atoms with E-state index in [1.807, 2.05) is 12.1 Å². The summed E-state index contributed by atoms with van der Waals surface area (Å²) in [6, 6.07) is 6.55. The summed E-state index contributed by atoms with van der Waals surface area (Å²) in [6.45, 7) is 6.43. The predicted octanol–water partition coefficient (Wildman–Crippen LogP) is 3.55. The summed E-state index contributed by atoms with van der Waals surface area (Å²) in [5, 5.41) is 7.66. The molecule has 1 aliphatic rings. The molecular weight excluding hydrogens is 324 g/mol. The van der Waals surface area contributed by atoms with Crippen LogP contribution in [-0.2, 0) is 0 Å². The molecule has 4 N–H and O–H groups in total. The highest BCUT2D eigenvalue weighted by Crippen LogP contribution is 2.23. The smallest absolute Gasteiger partial charge is 0.189 e. The first-order valence-corrected chi connectivity index (χ1v) is 8.98. The third kappa shape index (κ3) is 5.32. The Balaban J connectivity index is 1.77. The van der Waals surface area contributed by atoms with Crippen LogP contribution in [-0.4, -0.2) is 16.3 Å². The van der Waals surface area contributed by atoms with Crippen molar-refractivity contribution in [3.63, 3.8) is 0 Å². The first-order chi connectivity index (χ1) is 11.0. The van der Waals surface area contributed by atoms with Gasteiger partial charge in [0.15, 0.2) is 10.2 Å². The van der Waals surface area contributed by atoms with Gasteiger partial charge in [-0.3, -0.25) is 10.9 Å². The van der Waals surface area contributed by atoms with E-state index in [2.05, 4.69) is 48.3 Å². The lowest BCUT2D eigenvalue weighted by atomic mass is 9.86. The largest absolute Gasteiger partial charge is 0.358 e. The number of benzene rings is 1. The molecule has 0 saturated heterocycles. The number of hydrogen-bond donors (Lipinski definition) is 4. The molecule has 0 heterocycles. The van der Waals surface area contributed by atoms with Gasteiger partial charge >= 0.3 is 0 Å². The molecule has 0 bridgehead atoms. The summed E-state index contributed by atoms with van der Waals surface area (Å²) in [5.41, 5.74) is 9.34. The number of nitrogens with one attached hydrogen (secondary N) is 4. The summed E-state index contributed by atoms with van der Waals surface area (Å²) < 4.78 is 0. The van der Waals surface area contributed by atoms with E-state index < -0.39 is 0 Å². The van der Waals surface area contributed by atoms with Gasteiger partial charge in [0.25, 0.3) is 0 Å². The molecule has 2 rings (SSSR count). The quantitative estimate of drug-likeness (QED) is 0.483. The topological polar surface area (TPSA) is 48.1 Å². The third-order valence-electron chi connectivity index (χ3n) is 4.57. The van der Waals surface area contributed by atoms with E-state index in [-0.39, 0.29) is 0 Å². The van der Waals surface area contributed by atoms with Crippen molar-refractivity contribution in [2.24, 2.45) is 5.92 Å². The maximum absolute atomic E-state index is 5.35. The van der Waals surface area contributed by atoms with E-state index in [9.17, 15) is 0 Å². The minimum Gasteiger partial charge on any atom is -0.358 e. The molecular formula is C17H26N4S2. The van der Waals surface area contributed by atoms with Crippen molar-refractivity contribution in [2.45, 2.75) is 52.5 Å². The highest BCUT2D eigenvalue weighted by Gasteiger charge is 2.21. The molecule has 126 valence electrons. The fraction of sp³-hybridized carbons (Fsp3) is 0.529. The van der Waals surface area contributed by atoms with Crippen molar-refractivity contribution in [2.75, 3.05) is 5.32 Å². The normalized spacial score (nSPS) is 20.5. The van der Waals surface area contributed by atoms with Crippen LogP contribution in [0.2, 0.25) is 0 Å². The molecule has 23 heavy (non-hydrogen) atoms. The van der Waals surface area contributed by atoms with Crippen LogP contribution in [0.25, 0.3) is 0 Å². The van der Waals surface area contributed by atoms with Gasteiger partial charge in [-0.25, -0.2) is 0 Å². The van der Waals surface area contributed by atoms with E-state index >= 15 is 0 Å². The number of aryl methyl sites for hydroxylation is 1. The lowest BCUT2D eigenvalue weighted by Crippen LogP contribution is -2.52. The molecule has 1 aromatic carbocycles. The van der Waals surface area contributed by atoms with E-state index in [1.54, 1.807) is 0 Å². The average molecular weight is 351 g/mol. The van der Waals surface area contributed by atoms with Crippen LogP contribution >= 0.6 is 24.4 Å². The second kappa shape index (κ2) is 8.45. The zero-order valence-electron chi connectivity index (χ0n) is 14.0. The highest BCUT2D eigenvalue weighted by molar-refractivity contribution is 7.80. The van der Waals surface area contributed by atoms with E-state index in [1.165, 1.54) is 36.8 Å². The summed E-state index contributed by atoms with van der Waals surface area (Å²) in [7, 11) is 0. The Labute approximate surface area is 149 Å². The Hall–Kier alpha value is -1.40. The van der Waals surface area contributed by atoms with E-state index in [4.69, 9.17) is 24.4 Å². The molecule has 0 radical (unpaired) electrons. The van der Waals surface area contributed by atoms with Crippen LogP contribution in [0.3, 0.4) is 0 Å². The van der Waals surface area contributed by atoms with Gasteiger partial charge in [-0.2, -0.15) is 0 Å². The zero-order valence-corrected chi connectivity index (χ0v) is 15.7. The summed E-state index contributed by atoms with van der Waals surface area (Å²) in [4.78, 5) is 0. The Morgan fingerprint density at radius 1 is 1.04 bits per heavy atom. The molecule has 4 nitrogen and oxygen atoms in total. The van der Waals surface area contributed by atoms with Crippen LogP contribution in [0.5, 0.6) is 0 Å². The first-order valence-electron chi connectivity index (χ1n) is 8.17. The standard InChI is InChI=1S/C17H26N4S2/c1-11-8-6-10-15(13(11)3)19-17(23)21-20-16(22)18-14-9-5-4-7-12(14)2/h6,8,10,12,14H,4-5,7,9H2,1-3H3,(H2,18,20,22)(H2,19,21,23)/t12-,14+/m0/s1. The Bertz CT molecular complexity index is 574. The van der Waals surface area contributed by atoms with Crippen LogP contribution in [0.1, 0.15) is 43.7 Å². The van der Waals surface area contributed by atoms with Gasteiger partial charge in [0.05, 0.1) is 0 Å². The van der Waals surface area contributed by atoms with Gasteiger partial charge in [-0.15, -0.1) is 0 Å². The number of anilines is 1. The van der Waals surface area contributed by atoms with E-state index in [0.717, 1.165) is 5.69 Å². The summed E-state index contributed by atoms with van der Waals surface area (Å²) in [6.07, 6.45) is 5.03. The predicted molar refractivity (Wildman–Crippen MR) is 106 cm³/mol. The average Bonchev–Trinajstić information content (AvgIpc) is 2.52. The second-order valence-corrected chi connectivity index (χ2v) is 7.11. The van der Waals surface area contributed by atoms with Crippen molar-refractivity contribution in [1.82, 2.24) is 16.2 Å². The van der Waals surface area contributed by atoms with Gasteiger partial charge in [-0.05, 0) is 74.2 Å². The highest BCUT2D eigenvalue weighted by atomic mass is 32.1. The van der Waals surface area contributed by atoms with E-state index in [0.29, 0.717) is 22.2 Å². The van der Waals surface area contributed by atoms with Crippen molar-refractivity contribution in [1.29, 1.82) is 0 Å². The number of rotatable bonds is 2. The van der Waals surface area contributed by atoms with Crippen molar-refractivity contribution < 1.29 is 0 Å². The zero-order chi connectivity index (χ0) is 16.8. The van der Waals surface area contributed by atoms with Gasteiger partial charge in [0, 0.05) is 11.7 Å². The molecule has 0 unspecified atom stereocenters. The van der Waals surface area contributed by atoms with Crippen molar-refractivity contribution in [3.8, 4) is 0 Å². The van der Waals surface area contributed by atoms with Gasteiger partial charge in [0.1, 0.15) is 0 Å². The van der Waals surface area contributed by atoms with Crippen LogP contribution in [0.15, 0.2) is 18.2 Å². The fourth-order valence-electron chi connectivity index (χ4n) is 2.89. The minimum atomic E-state index is 0.450. The van der Waals surface area contributed by atoms with Crippen LogP contribution in [0, 0.1) is 19.8 Å². The molecule has 0 aromatic heterocycles. The van der Waals surface area contributed by atoms with Gasteiger partial charge < -0.3 is 10.6 Å². The summed E-state index contributed by atoms with van der Waals surface area (Å²) in [5.74, 6) is 0.656. The molecule has 0 spiro atoms.